The van der Waals surface area contributed by atoms with Crippen LogP contribution in [-0.4, -0.2) is 37.2 Å². The van der Waals surface area contributed by atoms with Crippen LogP contribution < -0.4 is 0 Å². The van der Waals surface area contributed by atoms with Gasteiger partial charge in [0.05, 0.1) is 0 Å². The fourth-order valence-electron chi connectivity index (χ4n) is 7.60. The van der Waals surface area contributed by atoms with Crippen LogP contribution in [0.1, 0.15) is 252 Å². The summed E-state index contributed by atoms with van der Waals surface area (Å²) in [6.45, 7) is 6.42. The van der Waals surface area contributed by atoms with Gasteiger partial charge in [0.1, 0.15) is 13.2 Å². The van der Waals surface area contributed by atoms with E-state index in [1.165, 1.54) is 89.9 Å². The van der Waals surface area contributed by atoms with Gasteiger partial charge in [0, 0.05) is 19.3 Å². The third-order valence-electron chi connectivity index (χ3n) is 12.0. The molecule has 71 heavy (non-hydrogen) atoms. The summed E-state index contributed by atoms with van der Waals surface area (Å²) in [7, 11) is 0. The van der Waals surface area contributed by atoms with Crippen LogP contribution in [-0.2, 0) is 28.6 Å². The van der Waals surface area contributed by atoms with Gasteiger partial charge in [-0.15, -0.1) is 0 Å². The molecule has 0 aliphatic rings. The van der Waals surface area contributed by atoms with Crippen molar-refractivity contribution in [3.8, 4) is 0 Å². The number of allylic oxidation sites excluding steroid dienone is 20. The number of unbranched alkanes of at least 4 members (excludes halogenated alkanes) is 20. The Kier molecular flexibility index (Phi) is 54.9. The smallest absolute Gasteiger partial charge is 0.306 e. The van der Waals surface area contributed by atoms with E-state index in [4.69, 9.17) is 14.2 Å². The van der Waals surface area contributed by atoms with Crippen LogP contribution in [0.5, 0.6) is 0 Å². The van der Waals surface area contributed by atoms with Crippen molar-refractivity contribution in [1.29, 1.82) is 0 Å². The molecule has 0 N–H and O–H groups in total. The van der Waals surface area contributed by atoms with Crippen LogP contribution in [0.3, 0.4) is 0 Å². The maximum Gasteiger partial charge on any atom is 0.306 e. The largest absolute Gasteiger partial charge is 0.462 e. The zero-order chi connectivity index (χ0) is 51.4. The van der Waals surface area contributed by atoms with Crippen LogP contribution in [0.4, 0.5) is 0 Å². The van der Waals surface area contributed by atoms with Gasteiger partial charge in [-0.3, -0.25) is 14.4 Å². The maximum atomic E-state index is 12.8. The highest BCUT2D eigenvalue weighted by atomic mass is 16.6. The lowest BCUT2D eigenvalue weighted by atomic mass is 10.0. The van der Waals surface area contributed by atoms with Gasteiger partial charge in [0.15, 0.2) is 6.10 Å². The van der Waals surface area contributed by atoms with Crippen molar-refractivity contribution in [2.24, 2.45) is 0 Å². The SMILES string of the molecule is CC/C=C\C/C=C\C/C=C\C/C=C\C/C=C\C/C=C\C/C=C\C/C=C\C/C=C\CCCC(=O)OCC(COC(=O)CCCCCCC/C=C\CCCC)OC(=O)CCCCCCCCCCCCCCC. The Balaban J connectivity index is 4.38. The molecular weight excluding hydrogens is 877 g/mol. The molecule has 0 amide bonds. The van der Waals surface area contributed by atoms with Crippen LogP contribution in [0.2, 0.25) is 0 Å². The highest BCUT2D eigenvalue weighted by Crippen LogP contribution is 2.15. The van der Waals surface area contributed by atoms with Gasteiger partial charge >= 0.3 is 17.9 Å². The van der Waals surface area contributed by atoms with E-state index >= 15 is 0 Å². The summed E-state index contributed by atoms with van der Waals surface area (Å²) in [6, 6.07) is 0. The molecular formula is C65H106O6. The third kappa shape index (κ3) is 56.6. The molecule has 0 radical (unpaired) electrons. The summed E-state index contributed by atoms with van der Waals surface area (Å²) in [5.41, 5.74) is 0. The molecule has 6 nitrogen and oxygen atoms in total. The average Bonchev–Trinajstić information content (AvgIpc) is 3.37. The first-order valence-electron chi connectivity index (χ1n) is 29.0. The van der Waals surface area contributed by atoms with E-state index in [2.05, 4.69) is 142 Å². The van der Waals surface area contributed by atoms with Gasteiger partial charge in [-0.05, 0) is 103 Å². The number of rotatable bonds is 51. The number of esters is 3. The number of carbonyl (C=O) groups is 3. The lowest BCUT2D eigenvalue weighted by Crippen LogP contribution is -2.30. The van der Waals surface area contributed by atoms with Gasteiger partial charge in [0.25, 0.3) is 0 Å². The summed E-state index contributed by atoms with van der Waals surface area (Å²) in [5.74, 6) is -0.974. The molecule has 0 aromatic carbocycles. The van der Waals surface area contributed by atoms with E-state index in [0.717, 1.165) is 116 Å². The molecule has 0 saturated carbocycles. The Morgan fingerprint density at radius 1 is 0.296 bits per heavy atom. The first kappa shape index (κ1) is 66.8. The van der Waals surface area contributed by atoms with E-state index in [-0.39, 0.29) is 37.5 Å². The van der Waals surface area contributed by atoms with Crippen molar-refractivity contribution in [1.82, 2.24) is 0 Å². The Bertz CT molecular complexity index is 1500. The molecule has 0 aliphatic heterocycles. The molecule has 0 heterocycles. The second-order valence-electron chi connectivity index (χ2n) is 18.8. The lowest BCUT2D eigenvalue weighted by Gasteiger charge is -2.18. The highest BCUT2D eigenvalue weighted by Gasteiger charge is 2.19. The Morgan fingerprint density at radius 3 is 0.972 bits per heavy atom. The van der Waals surface area contributed by atoms with Gasteiger partial charge in [-0.2, -0.15) is 0 Å². The molecule has 0 aromatic rings. The first-order valence-corrected chi connectivity index (χ1v) is 29.0. The zero-order valence-electron chi connectivity index (χ0n) is 45.9. The standard InChI is InChI=1S/C65H106O6/c1-4-7-10-13-16-19-22-24-25-26-27-28-29-30-31-32-33-34-35-36-37-38-39-41-43-46-49-52-55-58-64(67)70-61-62(60-69-63(66)57-54-51-48-45-42-21-18-15-12-9-6-3)71-65(68)59-56-53-50-47-44-40-23-20-17-14-11-8-5-2/h7,10,15-16,18-19,24-25,27-28,30-31,33-34,36-37,39,41,46,49,62H,4-6,8-9,11-14,17,20-23,26,29,32,35,38,40,42-45,47-48,50-61H2,1-3H3/b10-7-,18-15-,19-16-,25-24-,28-27-,31-30-,34-33-,37-36-,41-39-,49-46-. The maximum absolute atomic E-state index is 12.8. The predicted octanol–water partition coefficient (Wildman–Crippen LogP) is 19.6. The monoisotopic (exact) mass is 983 g/mol. The number of hydrogen-bond donors (Lipinski definition) is 0. The predicted molar refractivity (Wildman–Crippen MR) is 306 cm³/mol. The Morgan fingerprint density at radius 2 is 0.577 bits per heavy atom. The average molecular weight is 984 g/mol. The van der Waals surface area contributed by atoms with Gasteiger partial charge in [0.2, 0.25) is 0 Å². The van der Waals surface area contributed by atoms with E-state index in [0.29, 0.717) is 19.3 Å². The van der Waals surface area contributed by atoms with Crippen LogP contribution in [0.25, 0.3) is 0 Å². The molecule has 1 unspecified atom stereocenters. The summed E-state index contributed by atoms with van der Waals surface area (Å²) in [5, 5.41) is 0. The number of ether oxygens (including phenoxy) is 3. The summed E-state index contributed by atoms with van der Waals surface area (Å²) in [4.78, 5) is 38.0. The van der Waals surface area contributed by atoms with Crippen molar-refractivity contribution in [2.45, 2.75) is 258 Å². The van der Waals surface area contributed by atoms with Crippen LogP contribution in [0.15, 0.2) is 122 Å². The van der Waals surface area contributed by atoms with Crippen molar-refractivity contribution >= 4 is 17.9 Å². The normalized spacial score (nSPS) is 13.0. The molecule has 0 rings (SSSR count). The van der Waals surface area contributed by atoms with E-state index in [1.807, 2.05) is 0 Å². The minimum Gasteiger partial charge on any atom is -0.462 e. The van der Waals surface area contributed by atoms with Crippen molar-refractivity contribution < 1.29 is 28.6 Å². The molecule has 0 aliphatic carbocycles. The Hall–Kier alpha value is -4.19. The fraction of sp³-hybridized carbons (Fsp3) is 0.646. The quantitative estimate of drug-likeness (QED) is 0.0261. The molecule has 0 saturated heterocycles. The minimum absolute atomic E-state index is 0.101. The molecule has 6 heteroatoms. The van der Waals surface area contributed by atoms with Gasteiger partial charge < -0.3 is 14.2 Å². The van der Waals surface area contributed by atoms with Crippen LogP contribution >= 0.6 is 0 Å². The highest BCUT2D eigenvalue weighted by molar-refractivity contribution is 5.71. The fourth-order valence-corrected chi connectivity index (χ4v) is 7.60. The van der Waals surface area contributed by atoms with Crippen LogP contribution in [0, 0.1) is 0 Å². The first-order chi connectivity index (χ1) is 35.0. The van der Waals surface area contributed by atoms with E-state index in [1.54, 1.807) is 0 Å². The summed E-state index contributed by atoms with van der Waals surface area (Å²) >= 11 is 0. The molecule has 0 spiro atoms. The van der Waals surface area contributed by atoms with Gasteiger partial charge in [-0.25, -0.2) is 0 Å². The summed E-state index contributed by atoms with van der Waals surface area (Å²) in [6.07, 6.45) is 80.6. The molecule has 1 atom stereocenters. The van der Waals surface area contributed by atoms with Crippen molar-refractivity contribution in [3.63, 3.8) is 0 Å². The third-order valence-corrected chi connectivity index (χ3v) is 12.0. The molecule has 0 aromatic heterocycles. The minimum atomic E-state index is -0.805. The van der Waals surface area contributed by atoms with E-state index in [9.17, 15) is 14.4 Å². The Labute approximate surface area is 437 Å². The zero-order valence-corrected chi connectivity index (χ0v) is 45.9. The number of carbonyl (C=O) groups excluding carboxylic acids is 3. The van der Waals surface area contributed by atoms with Gasteiger partial charge in [-0.1, -0.05) is 251 Å². The topological polar surface area (TPSA) is 78.9 Å². The molecule has 0 bridgehead atoms. The lowest BCUT2D eigenvalue weighted by molar-refractivity contribution is -0.167. The number of hydrogen-bond acceptors (Lipinski definition) is 6. The van der Waals surface area contributed by atoms with Crippen molar-refractivity contribution in [3.05, 3.63) is 122 Å². The summed E-state index contributed by atoms with van der Waals surface area (Å²) < 4.78 is 16.8. The second kappa shape index (κ2) is 58.4. The van der Waals surface area contributed by atoms with E-state index < -0.39 is 6.10 Å². The molecule has 402 valence electrons. The molecule has 0 fully saturated rings. The second-order valence-corrected chi connectivity index (χ2v) is 18.8. The van der Waals surface area contributed by atoms with Crippen molar-refractivity contribution in [2.75, 3.05) is 13.2 Å².